The summed E-state index contributed by atoms with van der Waals surface area (Å²) in [7, 11) is 0. The first-order valence-corrected chi connectivity index (χ1v) is 7.19. The minimum atomic E-state index is -0.0577. The van der Waals surface area contributed by atoms with Crippen LogP contribution in [-0.4, -0.2) is 10.9 Å². The molecule has 20 heavy (non-hydrogen) atoms. The number of fused-ring (bicyclic) bond motifs is 2. The third kappa shape index (κ3) is 2.23. The maximum atomic E-state index is 12.5. The van der Waals surface area contributed by atoms with Gasteiger partial charge in [-0.05, 0) is 38.1 Å². The summed E-state index contributed by atoms with van der Waals surface area (Å²) in [6.45, 7) is 3.84. The molecule has 3 nitrogen and oxygen atoms in total. The minimum absolute atomic E-state index is 0.0577. The first kappa shape index (κ1) is 12.9. The van der Waals surface area contributed by atoms with Gasteiger partial charge < -0.3 is 0 Å². The Bertz CT molecular complexity index is 660. The van der Waals surface area contributed by atoms with E-state index in [0.29, 0.717) is 5.82 Å². The zero-order chi connectivity index (χ0) is 14.1. The van der Waals surface area contributed by atoms with Gasteiger partial charge in [0.2, 0.25) is 0 Å². The van der Waals surface area contributed by atoms with Crippen molar-refractivity contribution in [2.75, 3.05) is 4.90 Å². The molecule has 0 aliphatic carbocycles. The highest BCUT2D eigenvalue weighted by atomic mass is 32.2. The van der Waals surface area contributed by atoms with Crippen LogP contribution in [0.5, 0.6) is 0 Å². The molecular weight excluding hydrogens is 268 g/mol. The van der Waals surface area contributed by atoms with Crippen molar-refractivity contribution >= 4 is 29.2 Å². The van der Waals surface area contributed by atoms with Crippen LogP contribution in [0.2, 0.25) is 0 Å². The number of aromatic nitrogens is 1. The standard InChI is InChI=1S/C16H14N2OS/c1-11(2)10-15(19)18-12-6-3-4-7-13(12)20-14-8-5-9-17-16(14)18/h3-10H,1-2H3. The van der Waals surface area contributed by atoms with Crippen LogP contribution in [0.1, 0.15) is 13.8 Å². The van der Waals surface area contributed by atoms with E-state index < -0.39 is 0 Å². The Morgan fingerprint density at radius 3 is 2.70 bits per heavy atom. The van der Waals surface area contributed by atoms with E-state index in [1.54, 1.807) is 28.9 Å². The van der Waals surface area contributed by atoms with E-state index in [0.717, 1.165) is 21.1 Å². The Labute approximate surface area is 122 Å². The number of carbonyl (C=O) groups excluding carboxylic acids is 1. The van der Waals surface area contributed by atoms with E-state index in [-0.39, 0.29) is 5.91 Å². The van der Waals surface area contributed by atoms with Crippen molar-refractivity contribution < 1.29 is 4.79 Å². The van der Waals surface area contributed by atoms with Crippen molar-refractivity contribution in [1.29, 1.82) is 0 Å². The summed E-state index contributed by atoms with van der Waals surface area (Å²) in [6.07, 6.45) is 3.36. The SMILES string of the molecule is CC(C)=CC(=O)N1c2ccccc2Sc2cccnc21. The highest BCUT2D eigenvalue weighted by Gasteiger charge is 2.27. The van der Waals surface area contributed by atoms with Crippen molar-refractivity contribution in [2.24, 2.45) is 0 Å². The Morgan fingerprint density at radius 2 is 1.90 bits per heavy atom. The molecule has 1 amide bonds. The fourth-order valence-corrected chi connectivity index (χ4v) is 3.15. The Morgan fingerprint density at radius 1 is 1.15 bits per heavy atom. The number of allylic oxidation sites excluding steroid dienone is 1. The van der Waals surface area contributed by atoms with Crippen LogP contribution in [0, 0.1) is 0 Å². The zero-order valence-corrected chi connectivity index (χ0v) is 12.1. The van der Waals surface area contributed by atoms with E-state index in [1.807, 2.05) is 50.2 Å². The molecule has 0 spiro atoms. The molecule has 1 aliphatic rings. The Hall–Kier alpha value is -2.07. The predicted molar refractivity (Wildman–Crippen MR) is 81.4 cm³/mol. The molecule has 0 unspecified atom stereocenters. The smallest absolute Gasteiger partial charge is 0.256 e. The van der Waals surface area contributed by atoms with Gasteiger partial charge in [0.25, 0.3) is 5.91 Å². The molecule has 0 N–H and O–H groups in total. The molecular formula is C16H14N2OS. The van der Waals surface area contributed by atoms with Crippen LogP contribution >= 0.6 is 11.8 Å². The quantitative estimate of drug-likeness (QED) is 0.736. The van der Waals surface area contributed by atoms with Gasteiger partial charge in [-0.1, -0.05) is 29.5 Å². The van der Waals surface area contributed by atoms with Gasteiger partial charge in [-0.3, -0.25) is 9.69 Å². The van der Waals surface area contributed by atoms with Crippen LogP contribution in [0.3, 0.4) is 0 Å². The van der Waals surface area contributed by atoms with E-state index in [1.165, 1.54) is 0 Å². The summed E-state index contributed by atoms with van der Waals surface area (Å²) in [5, 5.41) is 0. The van der Waals surface area contributed by atoms with Gasteiger partial charge in [-0.25, -0.2) is 4.98 Å². The molecule has 0 saturated carbocycles. The van der Waals surface area contributed by atoms with E-state index >= 15 is 0 Å². The lowest BCUT2D eigenvalue weighted by molar-refractivity contribution is -0.113. The molecule has 2 aromatic rings. The molecule has 1 aromatic carbocycles. The molecule has 1 aliphatic heterocycles. The number of nitrogens with zero attached hydrogens (tertiary/aromatic N) is 2. The molecule has 1 aromatic heterocycles. The maximum absolute atomic E-state index is 12.5. The van der Waals surface area contributed by atoms with Gasteiger partial charge in [0, 0.05) is 17.2 Å². The second kappa shape index (κ2) is 5.13. The van der Waals surface area contributed by atoms with Gasteiger partial charge in [-0.2, -0.15) is 0 Å². The van der Waals surface area contributed by atoms with Gasteiger partial charge in [0.1, 0.15) is 0 Å². The highest BCUT2D eigenvalue weighted by Crippen LogP contribution is 2.46. The van der Waals surface area contributed by atoms with Crippen LogP contribution < -0.4 is 4.90 Å². The lowest BCUT2D eigenvalue weighted by atomic mass is 10.2. The topological polar surface area (TPSA) is 33.2 Å². The monoisotopic (exact) mass is 282 g/mol. The summed E-state index contributed by atoms with van der Waals surface area (Å²) in [4.78, 5) is 20.7. The normalized spacial score (nSPS) is 12.4. The van der Waals surface area contributed by atoms with Gasteiger partial charge >= 0.3 is 0 Å². The minimum Gasteiger partial charge on any atom is -0.269 e. The number of pyridine rings is 1. The van der Waals surface area contributed by atoms with E-state index in [9.17, 15) is 4.79 Å². The molecule has 4 heteroatoms. The average molecular weight is 282 g/mol. The molecule has 0 saturated heterocycles. The van der Waals surface area contributed by atoms with Crippen molar-refractivity contribution in [2.45, 2.75) is 23.6 Å². The fourth-order valence-electron chi connectivity index (χ4n) is 2.13. The number of hydrogen-bond donors (Lipinski definition) is 0. The number of hydrogen-bond acceptors (Lipinski definition) is 3. The average Bonchev–Trinajstić information content (AvgIpc) is 2.43. The van der Waals surface area contributed by atoms with Crippen molar-refractivity contribution in [3.8, 4) is 0 Å². The molecule has 0 fully saturated rings. The number of para-hydroxylation sites is 1. The summed E-state index contributed by atoms with van der Waals surface area (Å²) in [5.41, 5.74) is 1.87. The lowest BCUT2D eigenvalue weighted by Gasteiger charge is -2.29. The van der Waals surface area contributed by atoms with Crippen LogP contribution in [-0.2, 0) is 4.79 Å². The number of carbonyl (C=O) groups is 1. The van der Waals surface area contributed by atoms with Gasteiger partial charge in [-0.15, -0.1) is 0 Å². The summed E-state index contributed by atoms with van der Waals surface area (Å²) < 4.78 is 0. The first-order valence-electron chi connectivity index (χ1n) is 6.38. The number of anilines is 2. The number of amides is 1. The largest absolute Gasteiger partial charge is 0.269 e. The van der Waals surface area contributed by atoms with E-state index in [2.05, 4.69) is 4.98 Å². The number of benzene rings is 1. The predicted octanol–water partition coefficient (Wildman–Crippen LogP) is 4.18. The fraction of sp³-hybridized carbons (Fsp3) is 0.125. The van der Waals surface area contributed by atoms with Crippen LogP contribution in [0.15, 0.2) is 64.0 Å². The second-order valence-electron chi connectivity index (χ2n) is 4.79. The first-order chi connectivity index (χ1) is 9.66. The molecule has 2 heterocycles. The molecule has 3 rings (SSSR count). The zero-order valence-electron chi connectivity index (χ0n) is 11.3. The molecule has 100 valence electrons. The van der Waals surface area contributed by atoms with Crippen LogP contribution in [0.4, 0.5) is 11.5 Å². The summed E-state index contributed by atoms with van der Waals surface area (Å²) >= 11 is 1.65. The third-order valence-corrected chi connectivity index (χ3v) is 4.02. The van der Waals surface area contributed by atoms with Gasteiger partial charge in [0.15, 0.2) is 5.82 Å². The molecule has 0 bridgehead atoms. The Balaban J connectivity index is 2.17. The lowest BCUT2D eigenvalue weighted by Crippen LogP contribution is -2.27. The molecule has 0 atom stereocenters. The van der Waals surface area contributed by atoms with Gasteiger partial charge in [0.05, 0.1) is 10.6 Å². The van der Waals surface area contributed by atoms with E-state index in [4.69, 9.17) is 0 Å². The Kier molecular flexibility index (Phi) is 3.32. The molecule has 0 radical (unpaired) electrons. The maximum Gasteiger partial charge on any atom is 0.256 e. The third-order valence-electron chi connectivity index (χ3n) is 2.92. The highest BCUT2D eigenvalue weighted by molar-refractivity contribution is 7.99. The summed E-state index contributed by atoms with van der Waals surface area (Å²) in [5.74, 6) is 0.649. The van der Waals surface area contributed by atoms with Crippen molar-refractivity contribution in [1.82, 2.24) is 4.98 Å². The second-order valence-corrected chi connectivity index (χ2v) is 5.87. The van der Waals surface area contributed by atoms with Crippen molar-refractivity contribution in [3.63, 3.8) is 0 Å². The summed E-state index contributed by atoms with van der Waals surface area (Å²) in [6, 6.07) is 11.8. The van der Waals surface area contributed by atoms with Crippen LogP contribution in [0.25, 0.3) is 0 Å². The number of rotatable bonds is 1. The van der Waals surface area contributed by atoms with Crippen molar-refractivity contribution in [3.05, 3.63) is 54.2 Å².